The minimum atomic E-state index is 0.0110. The largest absolute Gasteiger partial charge is 0.493 e. The molecule has 2 aliphatic rings. The third-order valence-electron chi connectivity index (χ3n) is 3.10. The van der Waals surface area contributed by atoms with Gasteiger partial charge in [0.2, 0.25) is 0 Å². The third kappa shape index (κ3) is 1.05. The summed E-state index contributed by atoms with van der Waals surface area (Å²) in [5, 5.41) is 0. The van der Waals surface area contributed by atoms with E-state index in [9.17, 15) is 4.79 Å². The van der Waals surface area contributed by atoms with Crippen molar-refractivity contribution in [2.75, 3.05) is 6.61 Å². The molecule has 1 atom stereocenters. The quantitative estimate of drug-likeness (QED) is 0.568. The van der Waals surface area contributed by atoms with E-state index in [1.807, 2.05) is 20.8 Å². The molecule has 13 heavy (non-hydrogen) atoms. The molecule has 1 saturated heterocycles. The van der Waals surface area contributed by atoms with Crippen molar-refractivity contribution < 1.29 is 9.53 Å². The van der Waals surface area contributed by atoms with Gasteiger partial charge in [0.25, 0.3) is 0 Å². The summed E-state index contributed by atoms with van der Waals surface area (Å²) in [5.74, 6) is 1.27. The normalized spacial score (nSPS) is 27.9. The molecule has 1 heterocycles. The lowest BCUT2D eigenvalue weighted by atomic mass is 9.83. The number of ketones is 1. The first-order valence-corrected chi connectivity index (χ1v) is 4.71. The highest BCUT2D eigenvalue weighted by Crippen LogP contribution is 2.37. The second-order valence-electron chi connectivity index (χ2n) is 3.80. The number of allylic oxidation sites excluding steroid dienone is 3. The lowest BCUT2D eigenvalue weighted by Gasteiger charge is -2.21. The van der Waals surface area contributed by atoms with Crippen LogP contribution in [0, 0.1) is 5.92 Å². The van der Waals surface area contributed by atoms with E-state index in [1.165, 1.54) is 0 Å². The van der Waals surface area contributed by atoms with Gasteiger partial charge in [0.1, 0.15) is 5.76 Å². The van der Waals surface area contributed by atoms with Crippen LogP contribution in [0.15, 0.2) is 22.5 Å². The summed E-state index contributed by atoms with van der Waals surface area (Å²) in [6, 6.07) is 0. The Balaban J connectivity index is 2.57. The molecule has 2 rings (SSSR count). The van der Waals surface area contributed by atoms with Crippen molar-refractivity contribution in [2.24, 2.45) is 5.92 Å². The van der Waals surface area contributed by atoms with Gasteiger partial charge in [-0.25, -0.2) is 0 Å². The molecule has 0 aromatic carbocycles. The summed E-state index contributed by atoms with van der Waals surface area (Å²) in [5.41, 5.74) is 3.15. The second-order valence-corrected chi connectivity index (χ2v) is 3.80. The number of rotatable bonds is 0. The van der Waals surface area contributed by atoms with Crippen LogP contribution in [0.5, 0.6) is 0 Å². The van der Waals surface area contributed by atoms with Crippen molar-refractivity contribution in [1.82, 2.24) is 0 Å². The van der Waals surface area contributed by atoms with Crippen LogP contribution in [0.4, 0.5) is 0 Å². The number of fused-ring (bicyclic) bond motifs is 1. The molecule has 2 heteroatoms. The smallest absolute Gasteiger partial charge is 0.165 e. The second kappa shape index (κ2) is 2.72. The summed E-state index contributed by atoms with van der Waals surface area (Å²) >= 11 is 0. The highest BCUT2D eigenvalue weighted by Gasteiger charge is 2.32. The topological polar surface area (TPSA) is 26.3 Å². The zero-order valence-corrected chi connectivity index (χ0v) is 8.31. The first-order valence-electron chi connectivity index (χ1n) is 4.71. The number of ether oxygens (including phenoxy) is 1. The standard InChI is InChI=1S/C11H14O2/c1-6-7(2)11-9(4-5-13-11)8(3)10(6)12/h6H,4-5H2,1-3H3. The van der Waals surface area contributed by atoms with Crippen molar-refractivity contribution in [3.8, 4) is 0 Å². The van der Waals surface area contributed by atoms with Crippen LogP contribution in [0.1, 0.15) is 27.2 Å². The highest BCUT2D eigenvalue weighted by molar-refractivity contribution is 6.01. The van der Waals surface area contributed by atoms with Gasteiger partial charge in [-0.3, -0.25) is 4.79 Å². The molecule has 70 valence electrons. The maximum Gasteiger partial charge on any atom is 0.165 e. The van der Waals surface area contributed by atoms with Gasteiger partial charge < -0.3 is 4.74 Å². The van der Waals surface area contributed by atoms with E-state index in [-0.39, 0.29) is 11.7 Å². The molecular weight excluding hydrogens is 164 g/mol. The molecule has 0 amide bonds. The Labute approximate surface area is 78.3 Å². The van der Waals surface area contributed by atoms with Gasteiger partial charge in [-0.15, -0.1) is 0 Å². The minimum absolute atomic E-state index is 0.0110. The molecule has 0 spiro atoms. The summed E-state index contributed by atoms with van der Waals surface area (Å²) in [7, 11) is 0. The van der Waals surface area contributed by atoms with Crippen LogP contribution in [-0.2, 0) is 9.53 Å². The van der Waals surface area contributed by atoms with Gasteiger partial charge in [0.15, 0.2) is 5.78 Å². The maximum atomic E-state index is 11.7. The molecule has 0 aromatic heterocycles. The Bertz CT molecular complexity index is 334. The summed E-state index contributed by atoms with van der Waals surface area (Å²) in [6.07, 6.45) is 0.900. The number of hydrogen-bond donors (Lipinski definition) is 0. The molecule has 1 unspecified atom stereocenters. The van der Waals surface area contributed by atoms with Gasteiger partial charge in [0, 0.05) is 17.9 Å². The van der Waals surface area contributed by atoms with Crippen molar-refractivity contribution in [1.29, 1.82) is 0 Å². The average molecular weight is 178 g/mol. The van der Waals surface area contributed by atoms with Gasteiger partial charge >= 0.3 is 0 Å². The Morgan fingerprint density at radius 1 is 1.38 bits per heavy atom. The van der Waals surface area contributed by atoms with Crippen LogP contribution in [0.2, 0.25) is 0 Å². The van der Waals surface area contributed by atoms with Gasteiger partial charge in [-0.05, 0) is 25.0 Å². The Kier molecular flexibility index (Phi) is 1.79. The predicted octanol–water partition coefficient (Wildman–Crippen LogP) is 2.22. The van der Waals surface area contributed by atoms with E-state index in [1.54, 1.807) is 0 Å². The first-order chi connectivity index (χ1) is 6.13. The molecule has 1 fully saturated rings. The van der Waals surface area contributed by atoms with Crippen molar-refractivity contribution in [2.45, 2.75) is 27.2 Å². The number of hydrogen-bond acceptors (Lipinski definition) is 2. The van der Waals surface area contributed by atoms with Gasteiger partial charge in [-0.1, -0.05) is 6.92 Å². The maximum absolute atomic E-state index is 11.7. The fraction of sp³-hybridized carbons (Fsp3) is 0.545. The van der Waals surface area contributed by atoms with E-state index >= 15 is 0 Å². The zero-order valence-electron chi connectivity index (χ0n) is 8.31. The van der Waals surface area contributed by atoms with E-state index in [2.05, 4.69) is 0 Å². The Hall–Kier alpha value is -1.05. The molecule has 0 radical (unpaired) electrons. The van der Waals surface area contributed by atoms with Crippen molar-refractivity contribution >= 4 is 5.78 Å². The van der Waals surface area contributed by atoms with Crippen LogP contribution >= 0.6 is 0 Å². The molecule has 0 N–H and O–H groups in total. The first kappa shape index (κ1) is 8.54. The Morgan fingerprint density at radius 2 is 2.08 bits per heavy atom. The summed E-state index contributed by atoms with van der Waals surface area (Å²) < 4.78 is 5.53. The van der Waals surface area contributed by atoms with Crippen LogP contribution in [0.3, 0.4) is 0 Å². The van der Waals surface area contributed by atoms with E-state index in [0.29, 0.717) is 0 Å². The lowest BCUT2D eigenvalue weighted by molar-refractivity contribution is -0.118. The van der Waals surface area contributed by atoms with Gasteiger partial charge in [-0.2, -0.15) is 0 Å². The summed E-state index contributed by atoms with van der Waals surface area (Å²) in [4.78, 5) is 11.7. The minimum Gasteiger partial charge on any atom is -0.493 e. The monoisotopic (exact) mass is 178 g/mol. The van der Waals surface area contributed by atoms with Gasteiger partial charge in [0.05, 0.1) is 6.61 Å². The zero-order chi connectivity index (χ0) is 9.59. The molecule has 2 nitrogen and oxygen atoms in total. The van der Waals surface area contributed by atoms with E-state index in [4.69, 9.17) is 4.74 Å². The van der Waals surface area contributed by atoms with E-state index < -0.39 is 0 Å². The highest BCUT2D eigenvalue weighted by atomic mass is 16.5. The molecule has 1 aliphatic heterocycles. The summed E-state index contributed by atoms with van der Waals surface area (Å²) in [6.45, 7) is 6.59. The fourth-order valence-corrected chi connectivity index (χ4v) is 2.03. The molecule has 0 bridgehead atoms. The van der Waals surface area contributed by atoms with Crippen molar-refractivity contribution in [3.63, 3.8) is 0 Å². The average Bonchev–Trinajstić information content (AvgIpc) is 2.59. The molecular formula is C11H14O2. The number of carbonyl (C=O) groups is 1. The van der Waals surface area contributed by atoms with Crippen LogP contribution in [-0.4, -0.2) is 12.4 Å². The number of Topliss-reactive ketones (excluding diaryl/α,β-unsaturated/α-hetero) is 1. The Morgan fingerprint density at radius 3 is 2.77 bits per heavy atom. The molecule has 0 aromatic rings. The lowest BCUT2D eigenvalue weighted by Crippen LogP contribution is -2.20. The number of carbonyl (C=O) groups excluding carboxylic acids is 1. The van der Waals surface area contributed by atoms with E-state index in [0.717, 1.165) is 35.5 Å². The van der Waals surface area contributed by atoms with Crippen molar-refractivity contribution in [3.05, 3.63) is 22.5 Å². The predicted molar refractivity (Wildman–Crippen MR) is 50.1 cm³/mol. The third-order valence-corrected chi connectivity index (χ3v) is 3.10. The van der Waals surface area contributed by atoms with Crippen LogP contribution in [0.25, 0.3) is 0 Å². The van der Waals surface area contributed by atoms with Crippen LogP contribution < -0.4 is 0 Å². The molecule has 1 aliphatic carbocycles. The molecule has 0 saturated carbocycles. The SMILES string of the molecule is CC1=C2CCOC2=C(C)C(C)C1=O. The fourth-order valence-electron chi connectivity index (χ4n) is 2.03.